The van der Waals surface area contributed by atoms with E-state index >= 15 is 0 Å². The quantitative estimate of drug-likeness (QED) is 0.474. The Morgan fingerprint density at radius 1 is 1.20 bits per heavy atom. The molecular weight excluding hydrogens is 263 g/mol. The number of carbonyl (C=O) groups excluding carboxylic acids is 2. The summed E-state index contributed by atoms with van der Waals surface area (Å²) in [6, 6.07) is 4.62. The summed E-state index contributed by atoms with van der Waals surface area (Å²) >= 11 is 0. The Balaban J connectivity index is 2.36. The molecule has 1 aromatic rings. The molecular formula is C15H15FO4. The SMILES string of the molecule is CCc1ccc(C=C2C(=O)OC(C)(C)OC2=O)c(F)c1. The van der Waals surface area contributed by atoms with Crippen molar-refractivity contribution in [3.05, 3.63) is 40.7 Å². The Kier molecular flexibility index (Phi) is 3.61. The van der Waals surface area contributed by atoms with Crippen LogP contribution in [-0.2, 0) is 25.5 Å². The summed E-state index contributed by atoms with van der Waals surface area (Å²) in [5.41, 5.74) is 0.665. The van der Waals surface area contributed by atoms with Crippen molar-refractivity contribution < 1.29 is 23.5 Å². The summed E-state index contributed by atoms with van der Waals surface area (Å²) in [6.07, 6.45) is 1.85. The average Bonchev–Trinajstić information content (AvgIpc) is 2.34. The Labute approximate surface area is 116 Å². The fourth-order valence-electron chi connectivity index (χ4n) is 1.84. The van der Waals surface area contributed by atoms with E-state index in [4.69, 9.17) is 9.47 Å². The highest BCUT2D eigenvalue weighted by atomic mass is 19.1. The zero-order valence-electron chi connectivity index (χ0n) is 11.5. The van der Waals surface area contributed by atoms with E-state index in [0.717, 1.165) is 11.6 Å². The lowest BCUT2D eigenvalue weighted by Gasteiger charge is -2.29. The van der Waals surface area contributed by atoms with Crippen LogP contribution in [0.25, 0.3) is 6.08 Å². The van der Waals surface area contributed by atoms with Gasteiger partial charge in [-0.25, -0.2) is 14.0 Å². The van der Waals surface area contributed by atoms with E-state index in [1.165, 1.54) is 26.0 Å². The van der Waals surface area contributed by atoms with Gasteiger partial charge >= 0.3 is 11.9 Å². The first kappa shape index (κ1) is 14.2. The van der Waals surface area contributed by atoms with Gasteiger partial charge in [-0.15, -0.1) is 0 Å². The van der Waals surface area contributed by atoms with Crippen molar-refractivity contribution in [1.29, 1.82) is 0 Å². The zero-order chi connectivity index (χ0) is 14.9. The predicted octanol–water partition coefficient (Wildman–Crippen LogP) is 2.61. The van der Waals surface area contributed by atoms with Gasteiger partial charge < -0.3 is 9.47 Å². The molecule has 0 bridgehead atoms. The molecule has 1 saturated heterocycles. The molecule has 106 valence electrons. The molecule has 0 radical (unpaired) electrons. The van der Waals surface area contributed by atoms with Crippen LogP contribution >= 0.6 is 0 Å². The maximum atomic E-state index is 13.8. The van der Waals surface area contributed by atoms with Gasteiger partial charge in [0.15, 0.2) is 0 Å². The van der Waals surface area contributed by atoms with Gasteiger partial charge in [0.2, 0.25) is 0 Å². The van der Waals surface area contributed by atoms with Gasteiger partial charge in [-0.2, -0.15) is 0 Å². The number of cyclic esters (lactones) is 2. The van der Waals surface area contributed by atoms with Crippen molar-refractivity contribution in [3.63, 3.8) is 0 Å². The van der Waals surface area contributed by atoms with Crippen molar-refractivity contribution in [2.75, 3.05) is 0 Å². The molecule has 0 spiro atoms. The minimum Gasteiger partial charge on any atom is -0.419 e. The van der Waals surface area contributed by atoms with E-state index in [0.29, 0.717) is 6.42 Å². The number of carbonyl (C=O) groups is 2. The summed E-state index contributed by atoms with van der Waals surface area (Å²) in [5, 5.41) is 0. The van der Waals surface area contributed by atoms with Gasteiger partial charge in [-0.05, 0) is 24.1 Å². The highest BCUT2D eigenvalue weighted by Gasteiger charge is 2.38. The van der Waals surface area contributed by atoms with Crippen LogP contribution < -0.4 is 0 Å². The fraction of sp³-hybridized carbons (Fsp3) is 0.333. The van der Waals surface area contributed by atoms with E-state index in [1.54, 1.807) is 6.07 Å². The monoisotopic (exact) mass is 278 g/mol. The van der Waals surface area contributed by atoms with Crippen LogP contribution in [0.3, 0.4) is 0 Å². The number of hydrogen-bond acceptors (Lipinski definition) is 4. The van der Waals surface area contributed by atoms with Crippen LogP contribution in [-0.4, -0.2) is 17.7 Å². The standard InChI is InChI=1S/C15H15FO4/c1-4-9-5-6-10(12(16)7-9)8-11-13(17)19-15(2,3)20-14(11)18/h5-8H,4H2,1-3H3. The molecule has 1 aromatic carbocycles. The largest absolute Gasteiger partial charge is 0.419 e. The molecule has 1 aliphatic rings. The van der Waals surface area contributed by atoms with Gasteiger partial charge in [0.1, 0.15) is 11.4 Å². The van der Waals surface area contributed by atoms with Gasteiger partial charge in [0.05, 0.1) is 0 Å². The Bertz CT molecular complexity index is 580. The van der Waals surface area contributed by atoms with Crippen LogP contribution in [0.1, 0.15) is 31.9 Å². The first-order valence-corrected chi connectivity index (χ1v) is 6.29. The lowest BCUT2D eigenvalue weighted by molar-refractivity contribution is -0.222. The third-order valence-corrected chi connectivity index (χ3v) is 2.89. The average molecular weight is 278 g/mol. The van der Waals surface area contributed by atoms with Crippen LogP contribution in [0, 0.1) is 5.82 Å². The van der Waals surface area contributed by atoms with Crippen LogP contribution in [0.15, 0.2) is 23.8 Å². The summed E-state index contributed by atoms with van der Waals surface area (Å²) in [4.78, 5) is 23.5. The molecule has 2 rings (SSSR count). The molecule has 0 amide bonds. The van der Waals surface area contributed by atoms with Crippen LogP contribution in [0.5, 0.6) is 0 Å². The van der Waals surface area contributed by atoms with Crippen molar-refractivity contribution in [2.24, 2.45) is 0 Å². The summed E-state index contributed by atoms with van der Waals surface area (Å²) in [6.45, 7) is 4.82. The minimum atomic E-state index is -1.30. The second-order valence-corrected chi connectivity index (χ2v) is 4.95. The molecule has 0 saturated carbocycles. The van der Waals surface area contributed by atoms with Gasteiger partial charge in [0, 0.05) is 19.4 Å². The summed E-state index contributed by atoms with van der Waals surface area (Å²) in [7, 11) is 0. The lowest BCUT2D eigenvalue weighted by Crippen LogP contribution is -2.41. The Morgan fingerprint density at radius 3 is 2.30 bits per heavy atom. The number of halogens is 1. The lowest BCUT2D eigenvalue weighted by atomic mass is 10.1. The molecule has 0 aliphatic carbocycles. The van der Waals surface area contributed by atoms with E-state index < -0.39 is 23.5 Å². The molecule has 0 N–H and O–H groups in total. The highest BCUT2D eigenvalue weighted by Crippen LogP contribution is 2.25. The van der Waals surface area contributed by atoms with E-state index in [2.05, 4.69) is 0 Å². The molecule has 1 fully saturated rings. The number of hydrogen-bond donors (Lipinski definition) is 0. The normalized spacial score (nSPS) is 17.5. The molecule has 0 unspecified atom stereocenters. The molecule has 1 aliphatic heterocycles. The smallest absolute Gasteiger partial charge is 0.348 e. The van der Waals surface area contributed by atoms with Crippen molar-refractivity contribution in [1.82, 2.24) is 0 Å². The van der Waals surface area contributed by atoms with Crippen molar-refractivity contribution in [3.8, 4) is 0 Å². The van der Waals surface area contributed by atoms with Crippen molar-refractivity contribution in [2.45, 2.75) is 33.0 Å². The third-order valence-electron chi connectivity index (χ3n) is 2.89. The highest BCUT2D eigenvalue weighted by molar-refractivity contribution is 6.18. The molecule has 20 heavy (non-hydrogen) atoms. The second kappa shape index (κ2) is 5.07. The van der Waals surface area contributed by atoms with Gasteiger partial charge in [-0.3, -0.25) is 0 Å². The van der Waals surface area contributed by atoms with Crippen molar-refractivity contribution >= 4 is 18.0 Å². The maximum absolute atomic E-state index is 13.8. The number of rotatable bonds is 2. The molecule has 4 nitrogen and oxygen atoms in total. The summed E-state index contributed by atoms with van der Waals surface area (Å²) in [5.74, 6) is -3.42. The van der Waals surface area contributed by atoms with E-state index in [9.17, 15) is 14.0 Å². The molecule has 1 heterocycles. The first-order valence-electron chi connectivity index (χ1n) is 6.29. The molecule has 5 heteroatoms. The number of ether oxygens (including phenoxy) is 2. The molecule has 0 atom stereocenters. The number of benzene rings is 1. The number of aryl methyl sites for hydroxylation is 1. The van der Waals surface area contributed by atoms with Crippen LogP contribution in [0.4, 0.5) is 4.39 Å². The van der Waals surface area contributed by atoms with Crippen LogP contribution in [0.2, 0.25) is 0 Å². The Morgan fingerprint density at radius 2 is 1.80 bits per heavy atom. The molecule has 0 aromatic heterocycles. The Hall–Kier alpha value is -2.17. The maximum Gasteiger partial charge on any atom is 0.348 e. The third kappa shape index (κ3) is 2.87. The number of esters is 2. The summed E-state index contributed by atoms with van der Waals surface area (Å²) < 4.78 is 23.7. The zero-order valence-corrected chi connectivity index (χ0v) is 11.5. The van der Waals surface area contributed by atoms with E-state index in [1.807, 2.05) is 6.92 Å². The topological polar surface area (TPSA) is 52.6 Å². The second-order valence-electron chi connectivity index (χ2n) is 4.95. The van der Waals surface area contributed by atoms with Gasteiger partial charge in [-0.1, -0.05) is 19.1 Å². The van der Waals surface area contributed by atoms with Gasteiger partial charge in [0.25, 0.3) is 5.79 Å². The first-order chi connectivity index (χ1) is 9.32. The van der Waals surface area contributed by atoms with E-state index in [-0.39, 0.29) is 11.1 Å². The fourth-order valence-corrected chi connectivity index (χ4v) is 1.84. The minimum absolute atomic E-state index is 0.144. The predicted molar refractivity (Wildman–Crippen MR) is 70.0 cm³/mol.